The van der Waals surface area contributed by atoms with Crippen LogP contribution in [0.2, 0.25) is 0 Å². The molecule has 1 heterocycles. The van der Waals surface area contributed by atoms with Crippen LogP contribution in [-0.2, 0) is 0 Å². The van der Waals surface area contributed by atoms with Crippen LogP contribution in [0.4, 0.5) is 5.69 Å². The Balaban J connectivity index is 2.58. The van der Waals surface area contributed by atoms with Gasteiger partial charge in [-0.25, -0.2) is 4.79 Å². The number of thiophene rings is 1. The number of hydrogen-bond acceptors (Lipinski definition) is 4. The third kappa shape index (κ3) is 1.69. The SMILES string of the molecule is CCOc1ccc2c(N)c(C(=O)O)sc2c1. The highest BCUT2D eigenvalue weighted by Crippen LogP contribution is 2.35. The summed E-state index contributed by atoms with van der Waals surface area (Å²) in [6.07, 6.45) is 0. The maximum atomic E-state index is 10.9. The molecule has 0 fully saturated rings. The molecule has 1 aromatic heterocycles. The largest absolute Gasteiger partial charge is 0.494 e. The molecule has 0 aliphatic heterocycles. The van der Waals surface area contributed by atoms with E-state index in [9.17, 15) is 4.79 Å². The van der Waals surface area contributed by atoms with Gasteiger partial charge in [0.2, 0.25) is 0 Å². The van der Waals surface area contributed by atoms with Crippen molar-refractivity contribution in [3.05, 3.63) is 23.1 Å². The summed E-state index contributed by atoms with van der Waals surface area (Å²) in [5.41, 5.74) is 6.08. The molecule has 0 saturated carbocycles. The Hall–Kier alpha value is -1.75. The second kappa shape index (κ2) is 4.02. The van der Waals surface area contributed by atoms with Crippen molar-refractivity contribution < 1.29 is 14.6 Å². The van der Waals surface area contributed by atoms with E-state index in [-0.39, 0.29) is 4.88 Å². The monoisotopic (exact) mass is 237 g/mol. The average molecular weight is 237 g/mol. The normalized spacial score (nSPS) is 10.6. The molecule has 5 heteroatoms. The maximum absolute atomic E-state index is 10.9. The number of carboxylic acid groups (broad SMARTS) is 1. The minimum absolute atomic E-state index is 0.184. The van der Waals surface area contributed by atoms with E-state index in [1.807, 2.05) is 13.0 Å². The van der Waals surface area contributed by atoms with Crippen LogP contribution in [0.15, 0.2) is 18.2 Å². The van der Waals surface area contributed by atoms with Crippen molar-refractivity contribution in [3.8, 4) is 5.75 Å². The molecule has 16 heavy (non-hydrogen) atoms. The molecular formula is C11H11NO3S. The minimum atomic E-state index is -0.989. The first-order valence-electron chi connectivity index (χ1n) is 4.81. The molecule has 84 valence electrons. The highest BCUT2D eigenvalue weighted by Gasteiger charge is 2.15. The number of carbonyl (C=O) groups is 1. The summed E-state index contributed by atoms with van der Waals surface area (Å²) in [5, 5.41) is 9.71. The second-order valence-corrected chi connectivity index (χ2v) is 4.29. The number of anilines is 1. The van der Waals surface area contributed by atoms with Crippen molar-refractivity contribution in [2.75, 3.05) is 12.3 Å². The van der Waals surface area contributed by atoms with Crippen LogP contribution in [0.3, 0.4) is 0 Å². The van der Waals surface area contributed by atoms with Crippen LogP contribution < -0.4 is 10.5 Å². The Morgan fingerprint density at radius 1 is 1.56 bits per heavy atom. The lowest BCUT2D eigenvalue weighted by Gasteiger charge is -2.01. The summed E-state index contributed by atoms with van der Waals surface area (Å²) in [5.74, 6) is -0.259. The molecule has 2 rings (SSSR count). The molecule has 0 atom stereocenters. The summed E-state index contributed by atoms with van der Waals surface area (Å²) >= 11 is 1.17. The highest BCUT2D eigenvalue weighted by atomic mass is 32.1. The second-order valence-electron chi connectivity index (χ2n) is 3.24. The average Bonchev–Trinajstić information content (AvgIpc) is 2.56. The molecule has 0 unspecified atom stereocenters. The van der Waals surface area contributed by atoms with Crippen LogP contribution >= 0.6 is 11.3 Å². The van der Waals surface area contributed by atoms with E-state index in [1.165, 1.54) is 11.3 Å². The third-order valence-corrected chi connectivity index (χ3v) is 3.36. The summed E-state index contributed by atoms with van der Waals surface area (Å²) in [7, 11) is 0. The lowest BCUT2D eigenvalue weighted by molar-refractivity contribution is 0.0703. The first-order chi connectivity index (χ1) is 7.63. The molecule has 0 saturated heterocycles. The predicted octanol–water partition coefficient (Wildman–Crippen LogP) is 2.58. The Labute approximate surface area is 96.3 Å². The third-order valence-electron chi connectivity index (χ3n) is 2.21. The minimum Gasteiger partial charge on any atom is -0.494 e. The number of nitrogens with two attached hydrogens (primary N) is 1. The van der Waals surface area contributed by atoms with E-state index in [0.29, 0.717) is 12.3 Å². The summed E-state index contributed by atoms with van der Waals surface area (Å²) in [6.45, 7) is 2.48. The molecule has 3 N–H and O–H groups in total. The van der Waals surface area contributed by atoms with Gasteiger partial charge in [0, 0.05) is 10.1 Å². The van der Waals surface area contributed by atoms with Crippen LogP contribution in [0.25, 0.3) is 10.1 Å². The van der Waals surface area contributed by atoms with Gasteiger partial charge < -0.3 is 15.6 Å². The van der Waals surface area contributed by atoms with Gasteiger partial charge in [-0.05, 0) is 25.1 Å². The molecule has 0 radical (unpaired) electrons. The zero-order valence-electron chi connectivity index (χ0n) is 8.69. The number of ether oxygens (including phenoxy) is 1. The Kier molecular flexibility index (Phi) is 2.70. The van der Waals surface area contributed by atoms with Crippen molar-refractivity contribution >= 4 is 33.1 Å². The summed E-state index contributed by atoms with van der Waals surface area (Å²) < 4.78 is 6.18. The number of hydrogen-bond donors (Lipinski definition) is 2. The number of nitrogen functional groups attached to an aromatic ring is 1. The first-order valence-corrected chi connectivity index (χ1v) is 5.63. The van der Waals surface area contributed by atoms with Gasteiger partial charge in [-0.2, -0.15) is 0 Å². The van der Waals surface area contributed by atoms with Crippen molar-refractivity contribution in [2.45, 2.75) is 6.92 Å². The van der Waals surface area contributed by atoms with Gasteiger partial charge in [-0.3, -0.25) is 0 Å². The lowest BCUT2D eigenvalue weighted by atomic mass is 10.2. The van der Waals surface area contributed by atoms with Gasteiger partial charge >= 0.3 is 5.97 Å². The van der Waals surface area contributed by atoms with Crippen LogP contribution in [0.1, 0.15) is 16.6 Å². The molecule has 0 spiro atoms. The Morgan fingerprint density at radius 3 is 2.94 bits per heavy atom. The molecule has 0 amide bonds. The molecular weight excluding hydrogens is 226 g/mol. The van der Waals surface area contributed by atoms with Crippen molar-refractivity contribution in [1.82, 2.24) is 0 Å². The van der Waals surface area contributed by atoms with Crippen molar-refractivity contribution in [2.24, 2.45) is 0 Å². The highest BCUT2D eigenvalue weighted by molar-refractivity contribution is 7.21. The first kappa shape index (κ1) is 10.8. The fourth-order valence-corrected chi connectivity index (χ4v) is 2.50. The predicted molar refractivity (Wildman–Crippen MR) is 64.4 cm³/mol. The zero-order chi connectivity index (χ0) is 11.7. The fourth-order valence-electron chi connectivity index (χ4n) is 1.51. The van der Waals surface area contributed by atoms with Crippen LogP contribution in [0.5, 0.6) is 5.75 Å². The van der Waals surface area contributed by atoms with Crippen LogP contribution in [0, 0.1) is 0 Å². The Bertz CT molecular complexity index is 547. The molecule has 2 aromatic rings. The Morgan fingerprint density at radius 2 is 2.31 bits per heavy atom. The molecule has 4 nitrogen and oxygen atoms in total. The van der Waals surface area contributed by atoms with E-state index < -0.39 is 5.97 Å². The maximum Gasteiger partial charge on any atom is 0.348 e. The molecule has 0 bridgehead atoms. The molecule has 0 aliphatic carbocycles. The van der Waals surface area contributed by atoms with Crippen molar-refractivity contribution in [1.29, 1.82) is 0 Å². The summed E-state index contributed by atoms with van der Waals surface area (Å²) in [6, 6.07) is 5.39. The number of fused-ring (bicyclic) bond motifs is 1. The van der Waals surface area contributed by atoms with Gasteiger partial charge in [0.05, 0.1) is 12.3 Å². The van der Waals surface area contributed by atoms with E-state index in [0.717, 1.165) is 15.8 Å². The molecule has 0 aliphatic rings. The molecule has 1 aromatic carbocycles. The lowest BCUT2D eigenvalue weighted by Crippen LogP contribution is -1.96. The number of rotatable bonds is 3. The smallest absolute Gasteiger partial charge is 0.348 e. The number of benzene rings is 1. The van der Waals surface area contributed by atoms with Crippen LogP contribution in [-0.4, -0.2) is 17.7 Å². The van der Waals surface area contributed by atoms with E-state index in [1.54, 1.807) is 12.1 Å². The fraction of sp³-hybridized carbons (Fsp3) is 0.182. The van der Waals surface area contributed by atoms with E-state index in [4.69, 9.17) is 15.6 Å². The van der Waals surface area contributed by atoms with E-state index >= 15 is 0 Å². The van der Waals surface area contributed by atoms with Gasteiger partial charge in [0.15, 0.2) is 0 Å². The van der Waals surface area contributed by atoms with Gasteiger partial charge in [-0.15, -0.1) is 11.3 Å². The zero-order valence-corrected chi connectivity index (χ0v) is 9.50. The number of carboxylic acids is 1. The topological polar surface area (TPSA) is 72.5 Å². The quantitative estimate of drug-likeness (QED) is 0.860. The van der Waals surface area contributed by atoms with E-state index in [2.05, 4.69) is 0 Å². The summed E-state index contributed by atoms with van der Waals surface area (Å²) in [4.78, 5) is 11.1. The standard InChI is InChI=1S/C11H11NO3S/c1-2-15-6-3-4-7-8(5-6)16-10(9(7)12)11(13)14/h3-5H,2,12H2,1H3,(H,13,14). The van der Waals surface area contributed by atoms with Crippen molar-refractivity contribution in [3.63, 3.8) is 0 Å². The number of aromatic carboxylic acids is 1. The van der Waals surface area contributed by atoms with Gasteiger partial charge in [0.1, 0.15) is 10.6 Å². The van der Waals surface area contributed by atoms with Gasteiger partial charge in [-0.1, -0.05) is 0 Å². The van der Waals surface area contributed by atoms with Gasteiger partial charge in [0.25, 0.3) is 0 Å².